The molecule has 0 aliphatic heterocycles. The molecule has 0 unspecified atom stereocenters. The van der Waals surface area contributed by atoms with Crippen LogP contribution in [-0.2, 0) is 13.0 Å². The van der Waals surface area contributed by atoms with Gasteiger partial charge in [-0.15, -0.1) is 0 Å². The summed E-state index contributed by atoms with van der Waals surface area (Å²) in [6, 6.07) is 18.2. The average molecular weight is 266 g/mol. The van der Waals surface area contributed by atoms with Crippen molar-refractivity contribution in [3.05, 3.63) is 60.4 Å². The van der Waals surface area contributed by atoms with Gasteiger partial charge in [0.15, 0.2) is 0 Å². The van der Waals surface area contributed by atoms with Gasteiger partial charge < -0.3 is 9.30 Å². The van der Waals surface area contributed by atoms with Gasteiger partial charge in [0.1, 0.15) is 18.2 Å². The molecular formula is C17H18N2O. The molecule has 3 aromatic rings. The fourth-order valence-corrected chi connectivity index (χ4v) is 2.42. The Kier molecular flexibility index (Phi) is 3.68. The predicted octanol–water partition coefficient (Wildman–Crippen LogP) is 3.68. The summed E-state index contributed by atoms with van der Waals surface area (Å²) >= 11 is 0. The van der Waals surface area contributed by atoms with Gasteiger partial charge >= 0.3 is 0 Å². The Bertz CT molecular complexity index is 689. The molecule has 0 aliphatic rings. The van der Waals surface area contributed by atoms with Crippen molar-refractivity contribution in [3.8, 4) is 5.75 Å². The van der Waals surface area contributed by atoms with Crippen molar-refractivity contribution in [1.82, 2.24) is 9.55 Å². The number of para-hydroxylation sites is 3. The lowest BCUT2D eigenvalue weighted by atomic mass is 10.3. The molecule has 0 aliphatic carbocycles. The number of hydrogen-bond donors (Lipinski definition) is 0. The maximum absolute atomic E-state index is 5.78. The molecule has 0 amide bonds. The number of ether oxygens (including phenoxy) is 1. The third kappa shape index (κ3) is 2.52. The normalized spacial score (nSPS) is 10.8. The number of imidazole rings is 1. The van der Waals surface area contributed by atoms with Gasteiger partial charge in [0.2, 0.25) is 0 Å². The predicted molar refractivity (Wildman–Crippen MR) is 81.0 cm³/mol. The average Bonchev–Trinajstić information content (AvgIpc) is 2.87. The molecule has 0 saturated heterocycles. The summed E-state index contributed by atoms with van der Waals surface area (Å²) in [4.78, 5) is 4.66. The highest BCUT2D eigenvalue weighted by Crippen LogP contribution is 2.16. The van der Waals surface area contributed by atoms with Gasteiger partial charge in [-0.1, -0.05) is 37.3 Å². The summed E-state index contributed by atoms with van der Waals surface area (Å²) in [6.45, 7) is 3.60. The second-order valence-electron chi connectivity index (χ2n) is 4.68. The summed E-state index contributed by atoms with van der Waals surface area (Å²) in [5.41, 5.74) is 2.24. The van der Waals surface area contributed by atoms with E-state index in [1.54, 1.807) is 0 Å². The lowest BCUT2D eigenvalue weighted by Crippen LogP contribution is -2.10. The van der Waals surface area contributed by atoms with Crippen molar-refractivity contribution in [2.75, 3.05) is 6.61 Å². The number of aryl methyl sites for hydroxylation is 1. The molecule has 3 heteroatoms. The Morgan fingerprint density at radius 2 is 1.75 bits per heavy atom. The third-order valence-electron chi connectivity index (χ3n) is 3.38. The highest BCUT2D eigenvalue weighted by Gasteiger charge is 2.08. The van der Waals surface area contributed by atoms with Crippen LogP contribution in [0.4, 0.5) is 0 Å². The molecule has 0 spiro atoms. The summed E-state index contributed by atoms with van der Waals surface area (Å²) in [7, 11) is 0. The molecule has 20 heavy (non-hydrogen) atoms. The second-order valence-corrected chi connectivity index (χ2v) is 4.68. The Balaban J connectivity index is 1.77. The minimum absolute atomic E-state index is 0.650. The SMILES string of the molecule is CCc1nc2ccccc2n1CCOc1ccccc1. The van der Waals surface area contributed by atoms with E-state index in [0.717, 1.165) is 30.1 Å². The van der Waals surface area contributed by atoms with Gasteiger partial charge in [-0.3, -0.25) is 0 Å². The van der Waals surface area contributed by atoms with Crippen LogP contribution >= 0.6 is 0 Å². The lowest BCUT2D eigenvalue weighted by Gasteiger charge is -2.10. The fourth-order valence-electron chi connectivity index (χ4n) is 2.42. The van der Waals surface area contributed by atoms with Crippen molar-refractivity contribution < 1.29 is 4.74 Å². The Labute approximate surface area is 118 Å². The quantitative estimate of drug-likeness (QED) is 0.704. The zero-order valence-corrected chi connectivity index (χ0v) is 11.6. The summed E-state index contributed by atoms with van der Waals surface area (Å²) < 4.78 is 8.03. The smallest absolute Gasteiger partial charge is 0.119 e. The first-order chi connectivity index (χ1) is 9.88. The van der Waals surface area contributed by atoms with E-state index in [9.17, 15) is 0 Å². The standard InChI is InChI=1S/C17H18N2O/c1-2-17-18-15-10-6-7-11-16(15)19(17)12-13-20-14-8-4-3-5-9-14/h3-11H,2,12-13H2,1H3. The summed E-state index contributed by atoms with van der Waals surface area (Å²) in [5.74, 6) is 2.03. The van der Waals surface area contributed by atoms with Crippen molar-refractivity contribution in [3.63, 3.8) is 0 Å². The van der Waals surface area contributed by atoms with E-state index in [-0.39, 0.29) is 0 Å². The van der Waals surface area contributed by atoms with Crippen LogP contribution in [0.15, 0.2) is 54.6 Å². The molecule has 0 atom stereocenters. The number of rotatable bonds is 5. The Hall–Kier alpha value is -2.29. The molecule has 0 saturated carbocycles. The molecule has 0 radical (unpaired) electrons. The minimum Gasteiger partial charge on any atom is -0.492 e. The monoisotopic (exact) mass is 266 g/mol. The van der Waals surface area contributed by atoms with Gasteiger partial charge in [0, 0.05) is 6.42 Å². The van der Waals surface area contributed by atoms with E-state index in [1.165, 1.54) is 5.52 Å². The molecule has 1 aromatic heterocycles. The van der Waals surface area contributed by atoms with E-state index < -0.39 is 0 Å². The maximum atomic E-state index is 5.78. The number of nitrogens with zero attached hydrogens (tertiary/aromatic N) is 2. The molecule has 1 heterocycles. The van der Waals surface area contributed by atoms with Crippen molar-refractivity contribution in [2.24, 2.45) is 0 Å². The van der Waals surface area contributed by atoms with Crippen LogP contribution in [0.25, 0.3) is 11.0 Å². The van der Waals surface area contributed by atoms with Gasteiger partial charge in [0.25, 0.3) is 0 Å². The minimum atomic E-state index is 0.650. The van der Waals surface area contributed by atoms with Crippen LogP contribution in [-0.4, -0.2) is 16.2 Å². The first-order valence-electron chi connectivity index (χ1n) is 7.00. The van der Waals surface area contributed by atoms with Crippen LogP contribution in [0.3, 0.4) is 0 Å². The van der Waals surface area contributed by atoms with Gasteiger partial charge in [-0.05, 0) is 24.3 Å². The maximum Gasteiger partial charge on any atom is 0.119 e. The molecule has 2 aromatic carbocycles. The lowest BCUT2D eigenvalue weighted by molar-refractivity contribution is 0.298. The van der Waals surface area contributed by atoms with E-state index in [4.69, 9.17) is 4.74 Å². The first-order valence-corrected chi connectivity index (χ1v) is 7.00. The van der Waals surface area contributed by atoms with E-state index in [1.807, 2.05) is 36.4 Å². The molecule has 0 fully saturated rings. The van der Waals surface area contributed by atoms with Crippen molar-refractivity contribution in [2.45, 2.75) is 19.9 Å². The second kappa shape index (κ2) is 5.78. The topological polar surface area (TPSA) is 27.1 Å². The largest absolute Gasteiger partial charge is 0.492 e. The van der Waals surface area contributed by atoms with Gasteiger partial charge in [0.05, 0.1) is 17.6 Å². The zero-order chi connectivity index (χ0) is 13.8. The van der Waals surface area contributed by atoms with Gasteiger partial charge in [-0.25, -0.2) is 4.98 Å². The Morgan fingerprint density at radius 1 is 1.00 bits per heavy atom. The van der Waals surface area contributed by atoms with Crippen molar-refractivity contribution in [1.29, 1.82) is 0 Å². The number of hydrogen-bond acceptors (Lipinski definition) is 2. The van der Waals surface area contributed by atoms with E-state index >= 15 is 0 Å². The van der Waals surface area contributed by atoms with Crippen LogP contribution in [0.5, 0.6) is 5.75 Å². The molecule has 3 rings (SSSR count). The van der Waals surface area contributed by atoms with Crippen LogP contribution in [0, 0.1) is 0 Å². The highest BCUT2D eigenvalue weighted by atomic mass is 16.5. The van der Waals surface area contributed by atoms with Gasteiger partial charge in [-0.2, -0.15) is 0 Å². The van der Waals surface area contributed by atoms with Crippen LogP contribution in [0.1, 0.15) is 12.7 Å². The highest BCUT2D eigenvalue weighted by molar-refractivity contribution is 5.75. The molecule has 3 nitrogen and oxygen atoms in total. The number of aromatic nitrogens is 2. The number of fused-ring (bicyclic) bond motifs is 1. The third-order valence-corrected chi connectivity index (χ3v) is 3.38. The Morgan fingerprint density at radius 3 is 2.55 bits per heavy atom. The van der Waals surface area contributed by atoms with Crippen LogP contribution in [0.2, 0.25) is 0 Å². The van der Waals surface area contributed by atoms with Crippen LogP contribution < -0.4 is 4.74 Å². The fraction of sp³-hybridized carbons (Fsp3) is 0.235. The molecular weight excluding hydrogens is 248 g/mol. The summed E-state index contributed by atoms with van der Waals surface area (Å²) in [6.07, 6.45) is 0.931. The first kappa shape index (κ1) is 12.7. The zero-order valence-electron chi connectivity index (χ0n) is 11.6. The van der Waals surface area contributed by atoms with Crippen molar-refractivity contribution >= 4 is 11.0 Å². The summed E-state index contributed by atoms with van der Waals surface area (Å²) in [5, 5.41) is 0. The van der Waals surface area contributed by atoms with E-state index in [2.05, 4.69) is 34.7 Å². The molecule has 102 valence electrons. The molecule has 0 N–H and O–H groups in total. The molecule has 0 bridgehead atoms. The number of benzene rings is 2. The van der Waals surface area contributed by atoms with E-state index in [0.29, 0.717) is 6.61 Å².